The minimum atomic E-state index is 0.450. The molecule has 0 saturated carbocycles. The lowest BCUT2D eigenvalue weighted by Gasteiger charge is -2.25. The van der Waals surface area contributed by atoms with Gasteiger partial charge >= 0.3 is 0 Å². The third-order valence-corrected chi connectivity index (χ3v) is 3.66. The highest BCUT2D eigenvalue weighted by Gasteiger charge is 2.15. The lowest BCUT2D eigenvalue weighted by molar-refractivity contribution is 0.425. The Kier molecular flexibility index (Phi) is 4.01. The van der Waals surface area contributed by atoms with Crippen LogP contribution in [0.4, 0.5) is 0 Å². The molecule has 0 radical (unpaired) electrons. The molecule has 1 N–H and O–H groups in total. The summed E-state index contributed by atoms with van der Waals surface area (Å²) in [6.07, 6.45) is 8.26. The van der Waals surface area contributed by atoms with E-state index in [1.807, 2.05) is 0 Å². The second kappa shape index (κ2) is 5.50. The molecule has 0 bridgehead atoms. The van der Waals surface area contributed by atoms with Crippen LogP contribution in [0, 0.1) is 13.8 Å². The van der Waals surface area contributed by atoms with Crippen LogP contribution in [0.25, 0.3) is 0 Å². The van der Waals surface area contributed by atoms with Crippen LogP contribution in [-0.4, -0.2) is 6.04 Å². The fourth-order valence-electron chi connectivity index (χ4n) is 2.61. The lowest BCUT2D eigenvalue weighted by atomic mass is 9.96. The highest BCUT2D eigenvalue weighted by molar-refractivity contribution is 5.32. The zero-order chi connectivity index (χ0) is 12.3. The van der Waals surface area contributed by atoms with Gasteiger partial charge in [0, 0.05) is 12.1 Å². The summed E-state index contributed by atoms with van der Waals surface area (Å²) in [7, 11) is 0. The van der Waals surface area contributed by atoms with Gasteiger partial charge in [-0.1, -0.05) is 35.9 Å². The van der Waals surface area contributed by atoms with Gasteiger partial charge in [0.2, 0.25) is 0 Å². The standard InChI is InChI=1S/C16H23N/c1-12-9-10-13(2)16(11-12)14(3)17-15-7-5-4-6-8-15/h4-5,9-11,14-15,17H,6-8H2,1-3H3. The molecule has 2 atom stereocenters. The number of benzene rings is 1. The Morgan fingerprint density at radius 1 is 1.24 bits per heavy atom. The molecule has 1 nitrogen and oxygen atoms in total. The van der Waals surface area contributed by atoms with E-state index in [0.29, 0.717) is 12.1 Å². The summed E-state index contributed by atoms with van der Waals surface area (Å²) < 4.78 is 0. The van der Waals surface area contributed by atoms with Crippen molar-refractivity contribution >= 4 is 0 Å². The fourth-order valence-corrected chi connectivity index (χ4v) is 2.61. The predicted molar refractivity (Wildman–Crippen MR) is 74.2 cm³/mol. The largest absolute Gasteiger partial charge is 0.307 e. The van der Waals surface area contributed by atoms with Crippen LogP contribution in [0.3, 0.4) is 0 Å². The summed E-state index contributed by atoms with van der Waals surface area (Å²) in [5, 5.41) is 3.75. The topological polar surface area (TPSA) is 12.0 Å². The van der Waals surface area contributed by atoms with Crippen LogP contribution >= 0.6 is 0 Å². The van der Waals surface area contributed by atoms with E-state index < -0.39 is 0 Å². The number of nitrogens with one attached hydrogen (secondary N) is 1. The van der Waals surface area contributed by atoms with Crippen LogP contribution in [0.2, 0.25) is 0 Å². The van der Waals surface area contributed by atoms with E-state index in [-0.39, 0.29) is 0 Å². The van der Waals surface area contributed by atoms with E-state index >= 15 is 0 Å². The van der Waals surface area contributed by atoms with E-state index in [1.165, 1.54) is 36.0 Å². The van der Waals surface area contributed by atoms with E-state index in [2.05, 4.69) is 56.4 Å². The highest BCUT2D eigenvalue weighted by Crippen LogP contribution is 2.21. The molecule has 0 spiro atoms. The first-order valence-corrected chi connectivity index (χ1v) is 6.65. The first-order chi connectivity index (χ1) is 8.16. The molecule has 1 heteroatoms. The van der Waals surface area contributed by atoms with Crippen LogP contribution in [-0.2, 0) is 0 Å². The third-order valence-electron chi connectivity index (χ3n) is 3.66. The Labute approximate surface area is 105 Å². The third kappa shape index (κ3) is 3.19. The Morgan fingerprint density at radius 3 is 2.76 bits per heavy atom. The number of hydrogen-bond acceptors (Lipinski definition) is 1. The van der Waals surface area contributed by atoms with Gasteiger partial charge in [0.05, 0.1) is 0 Å². The molecule has 92 valence electrons. The molecule has 1 aromatic rings. The maximum atomic E-state index is 3.75. The van der Waals surface area contributed by atoms with E-state index in [0.717, 1.165) is 0 Å². The van der Waals surface area contributed by atoms with Crippen LogP contribution in [0.15, 0.2) is 30.4 Å². The Balaban J connectivity index is 2.05. The Morgan fingerprint density at radius 2 is 2.06 bits per heavy atom. The highest BCUT2D eigenvalue weighted by atomic mass is 14.9. The SMILES string of the molecule is Cc1ccc(C)c(C(C)NC2CC=CCC2)c1. The van der Waals surface area contributed by atoms with Crippen molar-refractivity contribution in [1.82, 2.24) is 5.32 Å². The summed E-state index contributed by atoms with van der Waals surface area (Å²) >= 11 is 0. The van der Waals surface area contributed by atoms with Gasteiger partial charge in [-0.15, -0.1) is 0 Å². The maximum Gasteiger partial charge on any atom is 0.0297 e. The number of aryl methyl sites for hydroxylation is 2. The Bertz CT molecular complexity index is 406. The monoisotopic (exact) mass is 229 g/mol. The average Bonchev–Trinajstić information content (AvgIpc) is 2.33. The molecule has 1 aliphatic rings. The smallest absolute Gasteiger partial charge is 0.0297 e. The quantitative estimate of drug-likeness (QED) is 0.771. The number of rotatable bonds is 3. The lowest BCUT2D eigenvalue weighted by Crippen LogP contribution is -2.32. The van der Waals surface area contributed by atoms with Crippen LogP contribution in [0.5, 0.6) is 0 Å². The number of allylic oxidation sites excluding steroid dienone is 1. The molecule has 0 heterocycles. The van der Waals surface area contributed by atoms with Gasteiger partial charge in [-0.3, -0.25) is 0 Å². The van der Waals surface area contributed by atoms with Crippen molar-refractivity contribution in [3.05, 3.63) is 47.0 Å². The molecule has 17 heavy (non-hydrogen) atoms. The van der Waals surface area contributed by atoms with Gasteiger partial charge in [0.1, 0.15) is 0 Å². The summed E-state index contributed by atoms with van der Waals surface area (Å²) in [5.74, 6) is 0. The molecule has 1 aromatic carbocycles. The van der Waals surface area contributed by atoms with Crippen LogP contribution in [0.1, 0.15) is 48.9 Å². The molecule has 0 aliphatic heterocycles. The van der Waals surface area contributed by atoms with Crippen molar-refractivity contribution in [2.75, 3.05) is 0 Å². The molecule has 2 unspecified atom stereocenters. The predicted octanol–water partition coefficient (Wildman–Crippen LogP) is 4.06. The summed E-state index contributed by atoms with van der Waals surface area (Å²) in [6.45, 7) is 6.65. The van der Waals surface area contributed by atoms with Gasteiger partial charge in [-0.25, -0.2) is 0 Å². The first kappa shape index (κ1) is 12.4. The molecular weight excluding hydrogens is 206 g/mol. The molecule has 2 rings (SSSR count). The van der Waals surface area contributed by atoms with Crippen molar-refractivity contribution in [2.45, 2.75) is 52.1 Å². The zero-order valence-electron chi connectivity index (χ0n) is 11.2. The molecule has 0 aromatic heterocycles. The minimum absolute atomic E-state index is 0.450. The van der Waals surface area contributed by atoms with Crippen LogP contribution < -0.4 is 5.32 Å². The number of hydrogen-bond donors (Lipinski definition) is 1. The molecular formula is C16H23N. The van der Waals surface area contributed by atoms with E-state index in [9.17, 15) is 0 Å². The van der Waals surface area contributed by atoms with Crippen molar-refractivity contribution in [1.29, 1.82) is 0 Å². The van der Waals surface area contributed by atoms with Gasteiger partial charge in [0.25, 0.3) is 0 Å². The van der Waals surface area contributed by atoms with E-state index in [4.69, 9.17) is 0 Å². The fraction of sp³-hybridized carbons (Fsp3) is 0.500. The normalized spacial score (nSPS) is 21.5. The first-order valence-electron chi connectivity index (χ1n) is 6.65. The summed E-state index contributed by atoms with van der Waals surface area (Å²) in [5.41, 5.74) is 4.18. The minimum Gasteiger partial charge on any atom is -0.307 e. The van der Waals surface area contributed by atoms with Gasteiger partial charge in [-0.05, 0) is 51.2 Å². The molecule has 1 aliphatic carbocycles. The average molecular weight is 229 g/mol. The van der Waals surface area contributed by atoms with Crippen molar-refractivity contribution in [2.24, 2.45) is 0 Å². The van der Waals surface area contributed by atoms with Gasteiger partial charge in [-0.2, -0.15) is 0 Å². The van der Waals surface area contributed by atoms with Crippen molar-refractivity contribution in [3.8, 4) is 0 Å². The Hall–Kier alpha value is -1.08. The van der Waals surface area contributed by atoms with E-state index in [1.54, 1.807) is 0 Å². The second-order valence-corrected chi connectivity index (χ2v) is 5.23. The zero-order valence-corrected chi connectivity index (χ0v) is 11.2. The molecule has 0 saturated heterocycles. The van der Waals surface area contributed by atoms with Crippen molar-refractivity contribution < 1.29 is 0 Å². The second-order valence-electron chi connectivity index (χ2n) is 5.23. The summed E-state index contributed by atoms with van der Waals surface area (Å²) in [4.78, 5) is 0. The molecule has 0 amide bonds. The van der Waals surface area contributed by atoms with Gasteiger partial charge in [0.15, 0.2) is 0 Å². The maximum absolute atomic E-state index is 3.75. The molecule has 0 fully saturated rings. The summed E-state index contributed by atoms with van der Waals surface area (Å²) in [6, 6.07) is 7.82. The van der Waals surface area contributed by atoms with Gasteiger partial charge < -0.3 is 5.32 Å². The van der Waals surface area contributed by atoms with Crippen molar-refractivity contribution in [3.63, 3.8) is 0 Å².